The fourth-order valence-electron chi connectivity index (χ4n) is 4.68. The topological polar surface area (TPSA) is 67.6 Å². The number of morpholine rings is 1. The number of nitrogens with one attached hydrogen (secondary N) is 1. The molecule has 1 amide bonds. The van der Waals surface area contributed by atoms with Crippen LogP contribution in [-0.2, 0) is 9.53 Å². The highest BCUT2D eigenvalue weighted by Gasteiger charge is 2.41. The molecular weight excluding hydrogens is 326 g/mol. The van der Waals surface area contributed by atoms with Crippen molar-refractivity contribution in [1.29, 1.82) is 0 Å². The van der Waals surface area contributed by atoms with Crippen molar-refractivity contribution in [2.45, 2.75) is 75.3 Å². The SMILES string of the molecule is Cl.NC1(C(=O)NCC2(N3CCOCC3)CCCCC2)CCCCC1. The van der Waals surface area contributed by atoms with Gasteiger partial charge in [-0.05, 0) is 25.7 Å². The molecule has 0 atom stereocenters. The van der Waals surface area contributed by atoms with Crippen molar-refractivity contribution in [3.05, 3.63) is 0 Å². The first-order valence-electron chi connectivity index (χ1n) is 9.55. The van der Waals surface area contributed by atoms with E-state index in [-0.39, 0.29) is 23.9 Å². The lowest BCUT2D eigenvalue weighted by atomic mass is 9.78. The molecule has 0 aromatic rings. The van der Waals surface area contributed by atoms with Crippen LogP contribution >= 0.6 is 12.4 Å². The van der Waals surface area contributed by atoms with Crippen LogP contribution in [-0.4, -0.2) is 54.7 Å². The predicted molar refractivity (Wildman–Crippen MR) is 98.5 cm³/mol. The van der Waals surface area contributed by atoms with Gasteiger partial charge in [-0.1, -0.05) is 38.5 Å². The van der Waals surface area contributed by atoms with Crippen molar-refractivity contribution in [1.82, 2.24) is 10.2 Å². The molecule has 0 spiro atoms. The van der Waals surface area contributed by atoms with Crippen molar-refractivity contribution >= 4 is 18.3 Å². The van der Waals surface area contributed by atoms with Crippen LogP contribution < -0.4 is 11.1 Å². The molecule has 2 saturated carbocycles. The maximum Gasteiger partial charge on any atom is 0.240 e. The maximum absolute atomic E-state index is 12.7. The van der Waals surface area contributed by atoms with Crippen LogP contribution in [0.3, 0.4) is 0 Å². The second kappa shape index (κ2) is 8.84. The maximum atomic E-state index is 12.7. The molecule has 0 unspecified atom stereocenters. The Bertz CT molecular complexity index is 401. The summed E-state index contributed by atoms with van der Waals surface area (Å²) in [5.74, 6) is 0.0791. The fourth-order valence-corrected chi connectivity index (χ4v) is 4.68. The number of hydrogen-bond donors (Lipinski definition) is 2. The number of nitrogens with zero attached hydrogens (tertiary/aromatic N) is 1. The average molecular weight is 360 g/mol. The highest BCUT2D eigenvalue weighted by molar-refractivity contribution is 5.86. The Hall–Kier alpha value is -0.360. The lowest BCUT2D eigenvalue weighted by Gasteiger charge is -2.48. The molecule has 3 fully saturated rings. The standard InChI is InChI=1S/C18H33N3O2.ClH/c19-18(9-5-2-6-10-18)16(22)20-15-17(7-3-1-4-8-17)21-11-13-23-14-12-21;/h1-15,19H2,(H,20,22);1H. The van der Waals surface area contributed by atoms with Crippen LogP contribution in [0.5, 0.6) is 0 Å². The Kier molecular flexibility index (Phi) is 7.35. The van der Waals surface area contributed by atoms with Crippen molar-refractivity contribution in [3.8, 4) is 0 Å². The Morgan fingerprint density at radius 3 is 2.08 bits per heavy atom. The Balaban J connectivity index is 0.00000208. The first kappa shape index (κ1) is 20.0. The lowest BCUT2D eigenvalue weighted by molar-refractivity contribution is -0.128. The molecule has 1 saturated heterocycles. The van der Waals surface area contributed by atoms with E-state index in [0.29, 0.717) is 0 Å². The molecule has 140 valence electrons. The zero-order chi connectivity index (χ0) is 16.2. The first-order valence-corrected chi connectivity index (χ1v) is 9.55. The van der Waals surface area contributed by atoms with Gasteiger partial charge in [0.05, 0.1) is 18.8 Å². The van der Waals surface area contributed by atoms with Gasteiger partial charge in [0.1, 0.15) is 0 Å². The molecule has 3 rings (SSSR count). The van der Waals surface area contributed by atoms with E-state index in [1.54, 1.807) is 0 Å². The number of halogens is 1. The van der Waals surface area contributed by atoms with Gasteiger partial charge in [-0.15, -0.1) is 12.4 Å². The van der Waals surface area contributed by atoms with Gasteiger partial charge in [-0.3, -0.25) is 9.69 Å². The third-order valence-electron chi connectivity index (χ3n) is 6.24. The van der Waals surface area contributed by atoms with E-state index in [9.17, 15) is 4.79 Å². The third-order valence-corrected chi connectivity index (χ3v) is 6.24. The second-order valence-electron chi connectivity index (χ2n) is 7.78. The molecule has 1 heterocycles. The second-order valence-corrected chi connectivity index (χ2v) is 7.78. The predicted octanol–water partition coefficient (Wildman–Crippen LogP) is 2.22. The molecule has 1 aliphatic heterocycles. The molecule has 0 radical (unpaired) electrons. The first-order chi connectivity index (χ1) is 11.1. The van der Waals surface area contributed by atoms with Crippen molar-refractivity contribution in [2.24, 2.45) is 5.73 Å². The number of rotatable bonds is 4. The number of amides is 1. The van der Waals surface area contributed by atoms with Crippen LogP contribution in [0.4, 0.5) is 0 Å². The average Bonchev–Trinajstić information content (AvgIpc) is 2.62. The summed E-state index contributed by atoms with van der Waals surface area (Å²) in [6.45, 7) is 4.37. The van der Waals surface area contributed by atoms with Crippen LogP contribution in [0, 0.1) is 0 Å². The minimum absolute atomic E-state index is 0. The largest absolute Gasteiger partial charge is 0.379 e. The van der Waals surface area contributed by atoms with E-state index in [1.807, 2.05) is 0 Å². The van der Waals surface area contributed by atoms with Gasteiger partial charge in [0, 0.05) is 25.2 Å². The Morgan fingerprint density at radius 2 is 1.50 bits per heavy atom. The highest BCUT2D eigenvalue weighted by atomic mass is 35.5. The van der Waals surface area contributed by atoms with Crippen LogP contribution in [0.1, 0.15) is 64.2 Å². The van der Waals surface area contributed by atoms with Crippen LogP contribution in [0.2, 0.25) is 0 Å². The summed E-state index contributed by atoms with van der Waals surface area (Å²) < 4.78 is 5.52. The summed E-state index contributed by atoms with van der Waals surface area (Å²) in [5, 5.41) is 3.25. The van der Waals surface area contributed by atoms with Crippen molar-refractivity contribution in [2.75, 3.05) is 32.8 Å². The van der Waals surface area contributed by atoms with Gasteiger partial charge < -0.3 is 15.8 Å². The van der Waals surface area contributed by atoms with Gasteiger partial charge in [0.25, 0.3) is 0 Å². The summed E-state index contributed by atoms with van der Waals surface area (Å²) in [7, 11) is 0. The molecule has 6 heteroatoms. The number of nitrogens with two attached hydrogens (primary N) is 1. The lowest BCUT2D eigenvalue weighted by Crippen LogP contribution is -2.63. The van der Waals surface area contributed by atoms with E-state index in [1.165, 1.54) is 38.5 Å². The van der Waals surface area contributed by atoms with Gasteiger partial charge in [-0.2, -0.15) is 0 Å². The van der Waals surface area contributed by atoms with Crippen molar-refractivity contribution in [3.63, 3.8) is 0 Å². The quantitative estimate of drug-likeness (QED) is 0.807. The molecule has 3 N–H and O–H groups in total. The zero-order valence-corrected chi connectivity index (χ0v) is 15.7. The molecular formula is C18H34ClN3O2. The van der Waals surface area contributed by atoms with E-state index in [2.05, 4.69) is 10.2 Å². The minimum atomic E-state index is -0.626. The van der Waals surface area contributed by atoms with Gasteiger partial charge in [0.15, 0.2) is 0 Å². The normalized spacial score (nSPS) is 27.0. The summed E-state index contributed by atoms with van der Waals surface area (Å²) in [5.41, 5.74) is 5.90. The summed E-state index contributed by atoms with van der Waals surface area (Å²) in [6, 6.07) is 0. The zero-order valence-electron chi connectivity index (χ0n) is 14.9. The number of carbonyl (C=O) groups excluding carboxylic acids is 1. The molecule has 2 aliphatic carbocycles. The molecule has 0 aromatic carbocycles. The fraction of sp³-hybridized carbons (Fsp3) is 0.944. The van der Waals surface area contributed by atoms with Crippen LogP contribution in [0.25, 0.3) is 0 Å². The van der Waals surface area contributed by atoms with Crippen molar-refractivity contribution < 1.29 is 9.53 Å². The van der Waals surface area contributed by atoms with E-state index >= 15 is 0 Å². The van der Waals surface area contributed by atoms with Gasteiger partial charge >= 0.3 is 0 Å². The van der Waals surface area contributed by atoms with Gasteiger partial charge in [0.2, 0.25) is 5.91 Å². The molecule has 24 heavy (non-hydrogen) atoms. The van der Waals surface area contributed by atoms with E-state index < -0.39 is 5.54 Å². The van der Waals surface area contributed by atoms with E-state index in [4.69, 9.17) is 10.5 Å². The smallest absolute Gasteiger partial charge is 0.240 e. The monoisotopic (exact) mass is 359 g/mol. The molecule has 0 bridgehead atoms. The summed E-state index contributed by atoms with van der Waals surface area (Å²) >= 11 is 0. The highest BCUT2D eigenvalue weighted by Crippen LogP contribution is 2.34. The van der Waals surface area contributed by atoms with Crippen LogP contribution in [0.15, 0.2) is 0 Å². The van der Waals surface area contributed by atoms with E-state index in [0.717, 1.165) is 58.5 Å². The Labute approximate surface area is 152 Å². The number of carbonyl (C=O) groups is 1. The molecule has 5 nitrogen and oxygen atoms in total. The number of hydrogen-bond acceptors (Lipinski definition) is 4. The number of ether oxygens (including phenoxy) is 1. The Morgan fingerprint density at radius 1 is 0.958 bits per heavy atom. The molecule has 3 aliphatic rings. The third kappa shape index (κ3) is 4.43. The minimum Gasteiger partial charge on any atom is -0.379 e. The summed E-state index contributed by atoms with van der Waals surface area (Å²) in [6.07, 6.45) is 11.3. The summed E-state index contributed by atoms with van der Waals surface area (Å²) in [4.78, 5) is 15.3. The molecule has 0 aromatic heterocycles. The van der Waals surface area contributed by atoms with Gasteiger partial charge in [-0.25, -0.2) is 0 Å².